The van der Waals surface area contributed by atoms with Crippen molar-refractivity contribution in [3.63, 3.8) is 0 Å². The second kappa shape index (κ2) is 5.07. The summed E-state index contributed by atoms with van der Waals surface area (Å²) in [7, 11) is 0. The summed E-state index contributed by atoms with van der Waals surface area (Å²) in [5.74, 6) is 1.06. The standard InChI is InChI=1S/C14H24N6/c1-2-19(13-7-10-3-4-11(8-13)15-10)9-14-16-17-18-20(14)12-5-6-12/h10-13,15H,2-9H2,1H3. The molecule has 1 aromatic heterocycles. The molecule has 2 atom stereocenters. The van der Waals surface area contributed by atoms with Gasteiger partial charge in [-0.2, -0.15) is 0 Å². The highest BCUT2D eigenvalue weighted by Gasteiger charge is 2.36. The summed E-state index contributed by atoms with van der Waals surface area (Å²) in [6, 6.07) is 2.76. The SMILES string of the molecule is CCN(Cc1nnnn1C1CC1)C1CC2CCC(C1)N2. The summed E-state index contributed by atoms with van der Waals surface area (Å²) in [6.07, 6.45) is 7.77. The quantitative estimate of drug-likeness (QED) is 0.873. The second-order valence-corrected chi connectivity index (χ2v) is 6.60. The van der Waals surface area contributed by atoms with Crippen molar-refractivity contribution in [2.45, 2.75) is 76.2 Å². The Hall–Kier alpha value is -1.01. The lowest BCUT2D eigenvalue weighted by Gasteiger charge is -2.37. The fourth-order valence-corrected chi connectivity index (χ4v) is 3.93. The molecule has 0 spiro atoms. The van der Waals surface area contributed by atoms with Crippen LogP contribution in [0.2, 0.25) is 0 Å². The van der Waals surface area contributed by atoms with Gasteiger partial charge in [0.15, 0.2) is 5.82 Å². The Morgan fingerprint density at radius 1 is 1.20 bits per heavy atom. The monoisotopic (exact) mass is 276 g/mol. The molecule has 2 aliphatic heterocycles. The number of nitrogens with zero attached hydrogens (tertiary/aromatic N) is 5. The number of tetrazole rings is 1. The van der Waals surface area contributed by atoms with Gasteiger partial charge in [0.2, 0.25) is 0 Å². The number of nitrogens with one attached hydrogen (secondary N) is 1. The summed E-state index contributed by atoms with van der Waals surface area (Å²) in [4.78, 5) is 2.58. The Bertz CT molecular complexity index is 456. The van der Waals surface area contributed by atoms with Crippen molar-refractivity contribution in [2.75, 3.05) is 6.54 Å². The Labute approximate surface area is 119 Å². The molecule has 0 aromatic carbocycles. The van der Waals surface area contributed by atoms with Crippen LogP contribution < -0.4 is 5.32 Å². The van der Waals surface area contributed by atoms with Crippen LogP contribution in [0, 0.1) is 0 Å². The van der Waals surface area contributed by atoms with Gasteiger partial charge in [-0.25, -0.2) is 4.68 Å². The number of fused-ring (bicyclic) bond motifs is 2. The molecular weight excluding hydrogens is 252 g/mol. The molecule has 110 valence electrons. The highest BCUT2D eigenvalue weighted by atomic mass is 15.6. The van der Waals surface area contributed by atoms with Gasteiger partial charge in [0.25, 0.3) is 0 Å². The van der Waals surface area contributed by atoms with Crippen LogP contribution in [0.15, 0.2) is 0 Å². The smallest absolute Gasteiger partial charge is 0.165 e. The molecule has 1 N–H and O–H groups in total. The molecule has 3 fully saturated rings. The molecule has 0 amide bonds. The molecule has 3 aliphatic rings. The summed E-state index contributed by atoms with van der Waals surface area (Å²) in [5, 5.41) is 16.0. The Morgan fingerprint density at radius 3 is 2.60 bits per heavy atom. The van der Waals surface area contributed by atoms with Gasteiger partial charge in [-0.05, 0) is 55.5 Å². The third-order valence-corrected chi connectivity index (χ3v) is 5.17. The zero-order valence-corrected chi connectivity index (χ0v) is 12.2. The van der Waals surface area contributed by atoms with Gasteiger partial charge in [-0.3, -0.25) is 4.90 Å². The molecule has 0 radical (unpaired) electrons. The lowest BCUT2D eigenvalue weighted by atomic mass is 9.98. The topological polar surface area (TPSA) is 58.9 Å². The van der Waals surface area contributed by atoms with E-state index in [1.807, 2.05) is 0 Å². The number of hydrogen-bond acceptors (Lipinski definition) is 5. The van der Waals surface area contributed by atoms with E-state index in [9.17, 15) is 0 Å². The van der Waals surface area contributed by atoms with Crippen LogP contribution >= 0.6 is 0 Å². The van der Waals surface area contributed by atoms with Crippen molar-refractivity contribution >= 4 is 0 Å². The van der Waals surface area contributed by atoms with E-state index in [-0.39, 0.29) is 0 Å². The largest absolute Gasteiger partial charge is 0.311 e. The van der Waals surface area contributed by atoms with Crippen LogP contribution in [0.3, 0.4) is 0 Å². The Morgan fingerprint density at radius 2 is 1.95 bits per heavy atom. The molecule has 6 heteroatoms. The average Bonchev–Trinajstić information content (AvgIpc) is 3.12. The maximum absolute atomic E-state index is 4.26. The van der Waals surface area contributed by atoms with Gasteiger partial charge in [-0.15, -0.1) is 5.10 Å². The molecule has 20 heavy (non-hydrogen) atoms. The molecule has 6 nitrogen and oxygen atoms in total. The molecule has 1 aromatic rings. The van der Waals surface area contributed by atoms with Gasteiger partial charge >= 0.3 is 0 Å². The number of hydrogen-bond donors (Lipinski definition) is 1. The minimum Gasteiger partial charge on any atom is -0.311 e. The third kappa shape index (κ3) is 2.35. The third-order valence-electron chi connectivity index (χ3n) is 5.17. The van der Waals surface area contributed by atoms with Crippen molar-refractivity contribution in [2.24, 2.45) is 0 Å². The molecule has 2 unspecified atom stereocenters. The van der Waals surface area contributed by atoms with Crippen molar-refractivity contribution in [1.82, 2.24) is 30.4 Å². The highest BCUT2D eigenvalue weighted by molar-refractivity contribution is 4.97. The van der Waals surface area contributed by atoms with Crippen molar-refractivity contribution in [3.8, 4) is 0 Å². The summed E-state index contributed by atoms with van der Waals surface area (Å²) < 4.78 is 2.05. The van der Waals surface area contributed by atoms with Gasteiger partial charge in [-0.1, -0.05) is 6.92 Å². The van der Waals surface area contributed by atoms with Crippen molar-refractivity contribution in [1.29, 1.82) is 0 Å². The molecule has 1 aliphatic carbocycles. The van der Waals surface area contributed by atoms with E-state index in [2.05, 4.69) is 37.3 Å². The number of rotatable bonds is 5. The van der Waals surface area contributed by atoms with Gasteiger partial charge in [0, 0.05) is 18.1 Å². The van der Waals surface area contributed by atoms with E-state index in [0.717, 1.165) is 31.0 Å². The first kappa shape index (κ1) is 12.7. The molecular formula is C14H24N6. The highest BCUT2D eigenvalue weighted by Crippen LogP contribution is 2.35. The predicted octanol–water partition coefficient (Wildman–Crippen LogP) is 1.11. The first-order valence-electron chi connectivity index (χ1n) is 8.10. The number of piperidine rings is 1. The van der Waals surface area contributed by atoms with Crippen LogP contribution in [0.4, 0.5) is 0 Å². The lowest BCUT2D eigenvalue weighted by molar-refractivity contribution is 0.135. The molecule has 2 saturated heterocycles. The van der Waals surface area contributed by atoms with Crippen LogP contribution in [0.25, 0.3) is 0 Å². The first-order chi connectivity index (χ1) is 9.83. The maximum Gasteiger partial charge on any atom is 0.165 e. The van der Waals surface area contributed by atoms with E-state index < -0.39 is 0 Å². The fourth-order valence-electron chi connectivity index (χ4n) is 3.93. The Balaban J connectivity index is 1.46. The van der Waals surface area contributed by atoms with E-state index in [0.29, 0.717) is 12.1 Å². The lowest BCUT2D eigenvalue weighted by Crippen LogP contribution is -2.48. The average molecular weight is 276 g/mol. The minimum atomic E-state index is 0.572. The van der Waals surface area contributed by atoms with Crippen LogP contribution in [-0.2, 0) is 6.54 Å². The second-order valence-electron chi connectivity index (χ2n) is 6.60. The normalized spacial score (nSPS) is 33.0. The van der Waals surface area contributed by atoms with E-state index in [1.165, 1.54) is 38.5 Å². The Kier molecular flexibility index (Phi) is 3.22. The van der Waals surface area contributed by atoms with Crippen LogP contribution in [0.1, 0.15) is 57.3 Å². The first-order valence-corrected chi connectivity index (χ1v) is 8.10. The number of aromatic nitrogens is 4. The minimum absolute atomic E-state index is 0.572. The summed E-state index contributed by atoms with van der Waals surface area (Å²) in [5.41, 5.74) is 0. The molecule has 1 saturated carbocycles. The fraction of sp³-hybridized carbons (Fsp3) is 0.929. The van der Waals surface area contributed by atoms with Gasteiger partial charge < -0.3 is 5.32 Å². The van der Waals surface area contributed by atoms with Gasteiger partial charge in [0.05, 0.1) is 12.6 Å². The predicted molar refractivity (Wildman–Crippen MR) is 75.1 cm³/mol. The van der Waals surface area contributed by atoms with Gasteiger partial charge in [0.1, 0.15) is 0 Å². The van der Waals surface area contributed by atoms with E-state index in [4.69, 9.17) is 0 Å². The molecule has 2 bridgehead atoms. The van der Waals surface area contributed by atoms with Crippen LogP contribution in [0.5, 0.6) is 0 Å². The molecule has 4 rings (SSSR count). The van der Waals surface area contributed by atoms with Crippen molar-refractivity contribution in [3.05, 3.63) is 5.82 Å². The summed E-state index contributed by atoms with van der Waals surface area (Å²) in [6.45, 7) is 4.25. The van der Waals surface area contributed by atoms with E-state index >= 15 is 0 Å². The summed E-state index contributed by atoms with van der Waals surface area (Å²) >= 11 is 0. The van der Waals surface area contributed by atoms with Crippen LogP contribution in [-0.4, -0.2) is 49.8 Å². The molecule has 3 heterocycles. The zero-order valence-electron chi connectivity index (χ0n) is 12.2. The van der Waals surface area contributed by atoms with E-state index in [1.54, 1.807) is 0 Å². The van der Waals surface area contributed by atoms with Crippen molar-refractivity contribution < 1.29 is 0 Å². The maximum atomic E-state index is 4.26. The zero-order chi connectivity index (χ0) is 13.5.